The summed E-state index contributed by atoms with van der Waals surface area (Å²) in [6, 6.07) is 0. The van der Waals surface area contributed by atoms with E-state index in [2.05, 4.69) is 39.5 Å². The Morgan fingerprint density at radius 2 is 1.02 bits per heavy atom. The Morgan fingerprint density at radius 3 is 1.57 bits per heavy atom. The minimum absolute atomic E-state index is 0.00392. The first-order chi connectivity index (χ1) is 25.8. The molecule has 0 atom stereocenters. The normalized spacial score (nSPS) is 11.8. The molecule has 0 aliphatic heterocycles. The van der Waals surface area contributed by atoms with Crippen molar-refractivity contribution in [3.8, 4) is 0 Å². The maximum absolute atomic E-state index is 12.3. The molecule has 0 aliphatic rings. The molecule has 316 valence electrons. The van der Waals surface area contributed by atoms with Crippen LogP contribution in [-0.4, -0.2) is 68.2 Å². The minimum atomic E-state index is -0.502. The number of aliphatic hydroxyl groups is 1. The number of unbranched alkanes of at least 4 members (excludes halogenated alkanes) is 21. The Morgan fingerprint density at radius 1 is 0.547 bits per heavy atom. The first-order valence-corrected chi connectivity index (χ1v) is 23.1. The van der Waals surface area contributed by atoms with E-state index in [1.165, 1.54) is 109 Å². The molecule has 0 bridgehead atoms. The summed E-state index contributed by atoms with van der Waals surface area (Å²) in [6.45, 7) is 15.5. The van der Waals surface area contributed by atoms with Gasteiger partial charge >= 0.3 is 12.1 Å². The van der Waals surface area contributed by atoms with Crippen LogP contribution in [0.3, 0.4) is 0 Å². The third-order valence-corrected chi connectivity index (χ3v) is 10.8. The van der Waals surface area contributed by atoms with Crippen LogP contribution in [0.4, 0.5) is 4.79 Å². The van der Waals surface area contributed by atoms with Gasteiger partial charge in [0.25, 0.3) is 0 Å². The molecule has 0 aromatic carbocycles. The number of hydrogen-bond acceptors (Lipinski definition) is 7. The van der Waals surface area contributed by atoms with E-state index in [-0.39, 0.29) is 18.0 Å². The fourth-order valence-electron chi connectivity index (χ4n) is 7.15. The standard InChI is InChI=1S/C46H91NO6/c1-6-9-12-15-18-21-27-34-44(49)53-42-46(4,5)35-28-24-30-37-47(38-39-48)36-29-22-23-31-40-51-45(50)52-41-43(32-25-19-16-13-10-7-2)33-26-20-17-14-11-8-3/h43,48H,6-42H2,1-5H3. The van der Waals surface area contributed by atoms with E-state index in [0.717, 1.165) is 90.1 Å². The van der Waals surface area contributed by atoms with Gasteiger partial charge in [0.05, 0.1) is 26.4 Å². The third-order valence-electron chi connectivity index (χ3n) is 10.8. The second kappa shape index (κ2) is 38.9. The fraction of sp³-hybridized carbons (Fsp3) is 0.957. The largest absolute Gasteiger partial charge is 0.508 e. The lowest BCUT2D eigenvalue weighted by atomic mass is 9.88. The Bertz CT molecular complexity index is 774. The van der Waals surface area contributed by atoms with E-state index in [9.17, 15) is 14.7 Å². The molecule has 7 heteroatoms. The van der Waals surface area contributed by atoms with Crippen LogP contribution in [0.25, 0.3) is 0 Å². The summed E-state index contributed by atoms with van der Waals surface area (Å²) in [5.41, 5.74) is 0.00392. The molecule has 0 aromatic heterocycles. The van der Waals surface area contributed by atoms with Crippen molar-refractivity contribution in [3.63, 3.8) is 0 Å². The average Bonchev–Trinajstić information content (AvgIpc) is 3.14. The fourth-order valence-corrected chi connectivity index (χ4v) is 7.15. The first kappa shape index (κ1) is 51.7. The van der Waals surface area contributed by atoms with Gasteiger partial charge in [-0.05, 0) is 69.4 Å². The second-order valence-electron chi connectivity index (χ2n) is 16.9. The molecule has 53 heavy (non-hydrogen) atoms. The smallest absolute Gasteiger partial charge is 0.465 e. The summed E-state index contributed by atoms with van der Waals surface area (Å²) >= 11 is 0. The van der Waals surface area contributed by atoms with Gasteiger partial charge in [-0.1, -0.05) is 176 Å². The zero-order valence-corrected chi connectivity index (χ0v) is 36.2. The number of carbonyl (C=O) groups is 2. The SMILES string of the molecule is CCCCCCCCCC(=O)OCC(C)(C)CCCCCN(CCO)CCCCCCOC(=O)OCC(CCCCCCCC)CCCCCCCC. The van der Waals surface area contributed by atoms with E-state index >= 15 is 0 Å². The molecular formula is C46H91NO6. The van der Waals surface area contributed by atoms with E-state index in [4.69, 9.17) is 14.2 Å². The number of rotatable bonds is 41. The summed E-state index contributed by atoms with van der Waals surface area (Å²) in [4.78, 5) is 26.9. The summed E-state index contributed by atoms with van der Waals surface area (Å²) in [5, 5.41) is 9.59. The summed E-state index contributed by atoms with van der Waals surface area (Å²) < 4.78 is 16.7. The van der Waals surface area contributed by atoms with Crippen LogP contribution in [0.1, 0.15) is 227 Å². The van der Waals surface area contributed by atoms with Crippen LogP contribution >= 0.6 is 0 Å². The van der Waals surface area contributed by atoms with E-state index < -0.39 is 6.16 Å². The van der Waals surface area contributed by atoms with Crippen molar-refractivity contribution in [1.29, 1.82) is 0 Å². The Hall–Kier alpha value is -1.34. The van der Waals surface area contributed by atoms with Crippen LogP contribution in [0.5, 0.6) is 0 Å². The molecule has 7 nitrogen and oxygen atoms in total. The van der Waals surface area contributed by atoms with Gasteiger partial charge in [0.15, 0.2) is 0 Å². The highest BCUT2D eigenvalue weighted by atomic mass is 16.7. The molecule has 0 rings (SSSR count). The molecule has 0 saturated carbocycles. The van der Waals surface area contributed by atoms with Gasteiger partial charge in [-0.15, -0.1) is 0 Å². The van der Waals surface area contributed by atoms with E-state index in [1.807, 2.05) is 0 Å². The molecule has 0 spiro atoms. The lowest BCUT2D eigenvalue weighted by Crippen LogP contribution is -2.29. The van der Waals surface area contributed by atoms with Gasteiger partial charge in [-0.2, -0.15) is 0 Å². The highest BCUT2D eigenvalue weighted by Gasteiger charge is 2.20. The lowest BCUT2D eigenvalue weighted by Gasteiger charge is -2.25. The number of nitrogens with zero attached hydrogens (tertiary/aromatic N) is 1. The Kier molecular flexibility index (Phi) is 37.9. The summed E-state index contributed by atoms with van der Waals surface area (Å²) in [5.74, 6) is 0.409. The van der Waals surface area contributed by atoms with Crippen molar-refractivity contribution in [3.05, 3.63) is 0 Å². The zero-order chi connectivity index (χ0) is 39.1. The predicted octanol–water partition coefficient (Wildman–Crippen LogP) is 13.4. The van der Waals surface area contributed by atoms with Gasteiger partial charge in [0, 0.05) is 13.0 Å². The van der Waals surface area contributed by atoms with Crippen molar-refractivity contribution in [2.24, 2.45) is 11.3 Å². The van der Waals surface area contributed by atoms with Crippen molar-refractivity contribution < 1.29 is 28.9 Å². The van der Waals surface area contributed by atoms with Crippen molar-refractivity contribution >= 4 is 12.1 Å². The van der Waals surface area contributed by atoms with Gasteiger partial charge in [0.2, 0.25) is 0 Å². The molecule has 0 unspecified atom stereocenters. The highest BCUT2D eigenvalue weighted by Crippen LogP contribution is 2.25. The van der Waals surface area contributed by atoms with Crippen LogP contribution in [0.15, 0.2) is 0 Å². The monoisotopic (exact) mass is 754 g/mol. The number of aliphatic hydroxyl groups excluding tert-OH is 1. The maximum atomic E-state index is 12.3. The van der Waals surface area contributed by atoms with Crippen molar-refractivity contribution in [2.75, 3.05) is 46.1 Å². The number of carbonyl (C=O) groups excluding carboxylic acids is 2. The predicted molar refractivity (Wildman–Crippen MR) is 225 cm³/mol. The van der Waals surface area contributed by atoms with Crippen LogP contribution < -0.4 is 0 Å². The number of ether oxygens (including phenoxy) is 3. The molecule has 0 amide bonds. The molecule has 0 fully saturated rings. The molecule has 0 aliphatic carbocycles. The van der Waals surface area contributed by atoms with E-state index in [0.29, 0.717) is 38.7 Å². The van der Waals surface area contributed by atoms with Crippen LogP contribution in [-0.2, 0) is 19.0 Å². The molecule has 1 N–H and O–H groups in total. The Balaban J connectivity index is 4.07. The van der Waals surface area contributed by atoms with Crippen molar-refractivity contribution in [1.82, 2.24) is 4.90 Å². The highest BCUT2D eigenvalue weighted by molar-refractivity contribution is 5.69. The minimum Gasteiger partial charge on any atom is -0.465 e. The van der Waals surface area contributed by atoms with Gasteiger partial charge in [0.1, 0.15) is 0 Å². The van der Waals surface area contributed by atoms with Crippen molar-refractivity contribution in [2.45, 2.75) is 227 Å². The lowest BCUT2D eigenvalue weighted by molar-refractivity contribution is -0.147. The second-order valence-corrected chi connectivity index (χ2v) is 16.9. The Labute approximate surface area is 329 Å². The molecule has 0 radical (unpaired) electrons. The number of hydrogen-bond donors (Lipinski definition) is 1. The van der Waals surface area contributed by atoms with Crippen LogP contribution in [0.2, 0.25) is 0 Å². The maximum Gasteiger partial charge on any atom is 0.508 e. The van der Waals surface area contributed by atoms with Crippen LogP contribution in [0, 0.1) is 11.3 Å². The molecule has 0 aromatic rings. The van der Waals surface area contributed by atoms with Gasteiger partial charge < -0.3 is 24.2 Å². The van der Waals surface area contributed by atoms with Gasteiger partial charge in [-0.3, -0.25) is 4.79 Å². The third kappa shape index (κ3) is 37.4. The number of esters is 1. The molecular weight excluding hydrogens is 663 g/mol. The zero-order valence-electron chi connectivity index (χ0n) is 36.2. The first-order valence-electron chi connectivity index (χ1n) is 23.1. The van der Waals surface area contributed by atoms with E-state index in [1.54, 1.807) is 0 Å². The molecule has 0 saturated heterocycles. The average molecular weight is 754 g/mol. The van der Waals surface area contributed by atoms with Gasteiger partial charge in [-0.25, -0.2) is 4.79 Å². The summed E-state index contributed by atoms with van der Waals surface area (Å²) in [7, 11) is 0. The molecule has 0 heterocycles. The topological polar surface area (TPSA) is 85.3 Å². The summed E-state index contributed by atoms with van der Waals surface area (Å²) in [6.07, 6.45) is 34.9. The quantitative estimate of drug-likeness (QED) is 0.0491.